The summed E-state index contributed by atoms with van der Waals surface area (Å²) in [7, 11) is 0. The minimum atomic E-state index is -0.808. The van der Waals surface area contributed by atoms with Gasteiger partial charge < -0.3 is 4.84 Å². The molecule has 0 aliphatic carbocycles. The van der Waals surface area contributed by atoms with Crippen LogP contribution in [0.2, 0.25) is 0 Å². The zero-order valence-corrected chi connectivity index (χ0v) is 10.9. The molecule has 4 rings (SSSR count). The van der Waals surface area contributed by atoms with Gasteiger partial charge in [-0.3, -0.25) is 0 Å². The number of rotatable bonds is 2. The Morgan fingerprint density at radius 3 is 3.09 bits per heavy atom. The summed E-state index contributed by atoms with van der Waals surface area (Å²) in [4.78, 5) is 22.2. The number of carbonyl (C=O) groups excluding carboxylic acids is 1. The molecule has 9 heteroatoms. The van der Waals surface area contributed by atoms with Crippen molar-refractivity contribution >= 4 is 22.6 Å². The van der Waals surface area contributed by atoms with Gasteiger partial charge in [0.1, 0.15) is 22.4 Å². The highest BCUT2D eigenvalue weighted by molar-refractivity contribution is 5.97. The number of pyridine rings is 2. The number of aromatic nitrogens is 6. The lowest BCUT2D eigenvalue weighted by Gasteiger charge is -2.02. The van der Waals surface area contributed by atoms with Crippen LogP contribution in [0.3, 0.4) is 0 Å². The first-order valence-corrected chi connectivity index (χ1v) is 6.25. The normalized spacial score (nSPS) is 11.1. The van der Waals surface area contributed by atoms with Crippen LogP contribution in [0.25, 0.3) is 16.7 Å². The monoisotopic (exact) mass is 298 g/mol. The summed E-state index contributed by atoms with van der Waals surface area (Å²) >= 11 is 0. The predicted molar refractivity (Wildman–Crippen MR) is 71.4 cm³/mol. The van der Waals surface area contributed by atoms with E-state index < -0.39 is 11.8 Å². The minimum absolute atomic E-state index is 0.0160. The Labute approximate surface area is 121 Å². The summed E-state index contributed by atoms with van der Waals surface area (Å²) in [6, 6.07) is 6.08. The molecule has 0 aliphatic rings. The van der Waals surface area contributed by atoms with Crippen molar-refractivity contribution in [3.8, 4) is 0 Å². The van der Waals surface area contributed by atoms with E-state index in [0.29, 0.717) is 5.52 Å². The van der Waals surface area contributed by atoms with Gasteiger partial charge >= 0.3 is 5.97 Å². The molecule has 0 saturated carbocycles. The molecule has 0 amide bonds. The third-order valence-corrected chi connectivity index (χ3v) is 3.06. The van der Waals surface area contributed by atoms with Gasteiger partial charge in [-0.25, -0.2) is 18.7 Å². The standard InChI is InChI=1S/C13H7FN6O2/c14-9-3-2-6-19-11(9)8(7-16-19)13(21)22-20-12-10(17-18-20)4-1-5-15-12/h1-7H. The van der Waals surface area contributed by atoms with E-state index in [-0.39, 0.29) is 16.7 Å². The zero-order valence-electron chi connectivity index (χ0n) is 10.9. The summed E-state index contributed by atoms with van der Waals surface area (Å²) in [5.41, 5.74) is 0.775. The molecule has 108 valence electrons. The first-order valence-electron chi connectivity index (χ1n) is 6.25. The van der Waals surface area contributed by atoms with Crippen LogP contribution in [-0.2, 0) is 0 Å². The maximum Gasteiger partial charge on any atom is 0.369 e. The Bertz CT molecular complexity index is 1010. The highest BCUT2D eigenvalue weighted by Crippen LogP contribution is 2.15. The van der Waals surface area contributed by atoms with E-state index in [2.05, 4.69) is 20.4 Å². The van der Waals surface area contributed by atoms with E-state index in [1.807, 2.05) is 0 Å². The molecular formula is C13H7FN6O2. The SMILES string of the molecule is O=C(On1nnc2cccnc21)c1cnn2cccc(F)c12. The Balaban J connectivity index is 1.75. The summed E-state index contributed by atoms with van der Waals surface area (Å²) in [5.74, 6) is -1.38. The van der Waals surface area contributed by atoms with Crippen LogP contribution in [0.15, 0.2) is 42.9 Å². The second kappa shape index (κ2) is 4.58. The molecule has 0 atom stereocenters. The van der Waals surface area contributed by atoms with E-state index in [1.54, 1.807) is 12.1 Å². The highest BCUT2D eigenvalue weighted by atomic mass is 19.1. The van der Waals surface area contributed by atoms with Crippen LogP contribution in [0, 0.1) is 5.82 Å². The molecule has 4 aromatic rings. The lowest BCUT2D eigenvalue weighted by molar-refractivity contribution is 0.0407. The number of fused-ring (bicyclic) bond motifs is 2. The molecule has 0 N–H and O–H groups in total. The topological polar surface area (TPSA) is 87.2 Å². The van der Waals surface area contributed by atoms with Gasteiger partial charge in [-0.2, -0.15) is 5.10 Å². The van der Waals surface area contributed by atoms with Crippen LogP contribution < -0.4 is 4.84 Å². The van der Waals surface area contributed by atoms with Crippen molar-refractivity contribution in [2.45, 2.75) is 0 Å². The number of nitrogens with zero attached hydrogens (tertiary/aromatic N) is 6. The largest absolute Gasteiger partial charge is 0.369 e. The molecule has 0 bridgehead atoms. The fourth-order valence-corrected chi connectivity index (χ4v) is 2.08. The number of halogens is 1. The highest BCUT2D eigenvalue weighted by Gasteiger charge is 2.20. The second-order valence-corrected chi connectivity index (χ2v) is 4.39. The number of carbonyl (C=O) groups is 1. The van der Waals surface area contributed by atoms with E-state index in [4.69, 9.17) is 4.84 Å². The smallest absolute Gasteiger partial charge is 0.310 e. The average Bonchev–Trinajstić information content (AvgIpc) is 3.13. The quantitative estimate of drug-likeness (QED) is 0.511. The third-order valence-electron chi connectivity index (χ3n) is 3.06. The first-order chi connectivity index (χ1) is 10.7. The first kappa shape index (κ1) is 12.4. The Morgan fingerprint density at radius 1 is 1.27 bits per heavy atom. The van der Waals surface area contributed by atoms with Gasteiger partial charge in [0.25, 0.3) is 0 Å². The van der Waals surface area contributed by atoms with Crippen molar-refractivity contribution in [3.63, 3.8) is 0 Å². The molecule has 8 nitrogen and oxygen atoms in total. The molecule has 0 spiro atoms. The van der Waals surface area contributed by atoms with E-state index in [0.717, 1.165) is 4.85 Å². The van der Waals surface area contributed by atoms with Crippen LogP contribution in [0.1, 0.15) is 10.4 Å². The molecule has 0 fully saturated rings. The van der Waals surface area contributed by atoms with Crippen molar-refractivity contribution in [2.75, 3.05) is 0 Å². The summed E-state index contributed by atoms with van der Waals surface area (Å²) < 4.78 is 15.1. The van der Waals surface area contributed by atoms with E-state index in [1.165, 1.54) is 35.2 Å². The van der Waals surface area contributed by atoms with Gasteiger partial charge in [-0.15, -0.1) is 5.10 Å². The lowest BCUT2D eigenvalue weighted by Crippen LogP contribution is -2.21. The molecule has 0 aliphatic heterocycles. The van der Waals surface area contributed by atoms with Crippen LogP contribution in [0.5, 0.6) is 0 Å². The van der Waals surface area contributed by atoms with Crippen molar-refractivity contribution in [1.29, 1.82) is 0 Å². The van der Waals surface area contributed by atoms with Crippen molar-refractivity contribution in [3.05, 3.63) is 54.2 Å². The van der Waals surface area contributed by atoms with Gasteiger partial charge in [0.2, 0.25) is 5.65 Å². The second-order valence-electron chi connectivity index (χ2n) is 4.39. The van der Waals surface area contributed by atoms with Gasteiger partial charge in [-0.05, 0) is 34.3 Å². The molecule has 0 radical (unpaired) electrons. The molecule has 0 unspecified atom stereocenters. The van der Waals surface area contributed by atoms with Crippen LogP contribution in [0.4, 0.5) is 4.39 Å². The summed E-state index contributed by atoms with van der Waals surface area (Å²) in [6.45, 7) is 0. The van der Waals surface area contributed by atoms with E-state index >= 15 is 0 Å². The lowest BCUT2D eigenvalue weighted by atomic mass is 10.2. The van der Waals surface area contributed by atoms with Crippen molar-refractivity contribution in [1.82, 2.24) is 29.8 Å². The molecule has 0 aromatic carbocycles. The summed E-state index contributed by atoms with van der Waals surface area (Å²) in [5, 5.41) is 11.4. The van der Waals surface area contributed by atoms with Crippen molar-refractivity contribution in [2.24, 2.45) is 0 Å². The molecule has 22 heavy (non-hydrogen) atoms. The molecule has 4 aromatic heterocycles. The Hall–Kier alpha value is -3.36. The Kier molecular flexibility index (Phi) is 2.58. The van der Waals surface area contributed by atoms with Gasteiger partial charge in [0.15, 0.2) is 0 Å². The fraction of sp³-hybridized carbons (Fsp3) is 0. The van der Waals surface area contributed by atoms with Gasteiger partial charge in [0, 0.05) is 12.4 Å². The third kappa shape index (κ3) is 1.79. The predicted octanol–water partition coefficient (Wildman–Crippen LogP) is 0.882. The van der Waals surface area contributed by atoms with E-state index in [9.17, 15) is 9.18 Å². The fourth-order valence-electron chi connectivity index (χ4n) is 2.08. The van der Waals surface area contributed by atoms with Crippen LogP contribution in [-0.4, -0.2) is 35.7 Å². The van der Waals surface area contributed by atoms with Crippen molar-refractivity contribution < 1.29 is 14.0 Å². The zero-order chi connectivity index (χ0) is 15.1. The van der Waals surface area contributed by atoms with Crippen LogP contribution >= 0.6 is 0 Å². The molecule has 0 saturated heterocycles. The number of hydrogen-bond donors (Lipinski definition) is 0. The van der Waals surface area contributed by atoms with Gasteiger partial charge in [-0.1, -0.05) is 0 Å². The Morgan fingerprint density at radius 2 is 2.18 bits per heavy atom. The number of hydrogen-bond acceptors (Lipinski definition) is 6. The molecule has 4 heterocycles. The molecular weight excluding hydrogens is 291 g/mol. The average molecular weight is 298 g/mol. The maximum atomic E-state index is 13.9. The van der Waals surface area contributed by atoms with Gasteiger partial charge in [0.05, 0.1) is 6.20 Å². The maximum absolute atomic E-state index is 13.9. The summed E-state index contributed by atoms with van der Waals surface area (Å²) in [6.07, 6.45) is 4.28. The minimum Gasteiger partial charge on any atom is -0.310 e.